The van der Waals surface area contributed by atoms with Crippen molar-refractivity contribution in [1.29, 1.82) is 0 Å². The third-order valence-corrected chi connectivity index (χ3v) is 5.70. The zero-order valence-electron chi connectivity index (χ0n) is 11.4. The molecule has 1 heterocycles. The van der Waals surface area contributed by atoms with Crippen LogP contribution in [0.1, 0.15) is 62.3 Å². The minimum Gasteiger partial charge on any atom is -0.348 e. The molecule has 1 amide bonds. The second-order valence-corrected chi connectivity index (χ2v) is 7.01. The van der Waals surface area contributed by atoms with Gasteiger partial charge in [-0.15, -0.1) is 11.3 Å². The first-order valence-corrected chi connectivity index (χ1v) is 8.56. The third kappa shape index (κ3) is 3.02. The van der Waals surface area contributed by atoms with Crippen LogP contribution in [0, 0.1) is 11.8 Å². The van der Waals surface area contributed by atoms with E-state index >= 15 is 0 Å². The highest BCUT2D eigenvalue weighted by Crippen LogP contribution is 2.38. The van der Waals surface area contributed by atoms with E-state index in [2.05, 4.69) is 22.8 Å². The third-order valence-electron chi connectivity index (χ3n) is 4.74. The zero-order chi connectivity index (χ0) is 13.1. The molecule has 1 aromatic rings. The number of nitrogens with one attached hydrogen (secondary N) is 1. The maximum absolute atomic E-state index is 12.4. The van der Waals surface area contributed by atoms with Gasteiger partial charge >= 0.3 is 0 Å². The van der Waals surface area contributed by atoms with Crippen LogP contribution in [-0.2, 0) is 4.79 Å². The molecule has 1 atom stereocenters. The molecule has 3 heteroatoms. The number of thiophene rings is 1. The van der Waals surface area contributed by atoms with E-state index in [0.29, 0.717) is 11.8 Å². The van der Waals surface area contributed by atoms with Crippen molar-refractivity contribution < 1.29 is 4.79 Å². The van der Waals surface area contributed by atoms with Gasteiger partial charge in [-0.05, 0) is 43.0 Å². The fourth-order valence-electron chi connectivity index (χ4n) is 3.64. The summed E-state index contributed by atoms with van der Waals surface area (Å²) in [5.74, 6) is 1.25. The second kappa shape index (κ2) is 6.08. The van der Waals surface area contributed by atoms with E-state index in [4.69, 9.17) is 0 Å². The average molecular weight is 277 g/mol. The number of hydrogen-bond acceptors (Lipinski definition) is 2. The zero-order valence-corrected chi connectivity index (χ0v) is 12.3. The molecule has 0 aliphatic heterocycles. The predicted molar refractivity (Wildman–Crippen MR) is 79.1 cm³/mol. The van der Waals surface area contributed by atoms with Crippen molar-refractivity contribution in [3.8, 4) is 0 Å². The Morgan fingerprint density at radius 3 is 2.47 bits per heavy atom. The van der Waals surface area contributed by atoms with Crippen LogP contribution in [-0.4, -0.2) is 5.91 Å². The van der Waals surface area contributed by atoms with E-state index in [1.807, 2.05) is 0 Å². The summed E-state index contributed by atoms with van der Waals surface area (Å²) in [6.45, 7) is 0. The second-order valence-electron chi connectivity index (χ2n) is 6.03. The summed E-state index contributed by atoms with van der Waals surface area (Å²) in [5.41, 5.74) is 0. The Kier molecular flexibility index (Phi) is 4.21. The molecular formula is C16H23NOS. The maximum atomic E-state index is 12.4. The summed E-state index contributed by atoms with van der Waals surface area (Å²) in [7, 11) is 0. The molecule has 0 spiro atoms. The minimum atomic E-state index is 0.274. The average Bonchev–Trinajstić information content (AvgIpc) is 3.17. The quantitative estimate of drug-likeness (QED) is 0.874. The van der Waals surface area contributed by atoms with Gasteiger partial charge in [-0.3, -0.25) is 4.79 Å². The topological polar surface area (TPSA) is 29.1 Å². The molecule has 0 aromatic carbocycles. The summed E-state index contributed by atoms with van der Waals surface area (Å²) in [5, 5.41) is 5.50. The van der Waals surface area contributed by atoms with Crippen LogP contribution >= 0.6 is 11.3 Å². The first-order valence-electron chi connectivity index (χ1n) is 7.68. The lowest BCUT2D eigenvalue weighted by Crippen LogP contribution is -2.35. The predicted octanol–water partition coefficient (Wildman–Crippen LogP) is 4.29. The summed E-state index contributed by atoms with van der Waals surface area (Å²) in [6.07, 6.45) is 9.83. The first kappa shape index (κ1) is 13.2. The van der Waals surface area contributed by atoms with Gasteiger partial charge in [0.25, 0.3) is 0 Å². The molecule has 19 heavy (non-hydrogen) atoms. The molecule has 3 rings (SSSR count). The van der Waals surface area contributed by atoms with Crippen LogP contribution in [0.25, 0.3) is 0 Å². The molecule has 2 saturated carbocycles. The van der Waals surface area contributed by atoms with Gasteiger partial charge in [0, 0.05) is 10.8 Å². The summed E-state index contributed by atoms with van der Waals surface area (Å²) < 4.78 is 0. The van der Waals surface area contributed by atoms with Crippen LogP contribution in [0.2, 0.25) is 0 Å². The molecule has 2 nitrogen and oxygen atoms in total. The standard InChI is InChI=1S/C16H23NOS/c18-16(13-8-3-4-9-13)17-15(12-6-1-2-7-12)14-10-5-11-19-14/h5,10-13,15H,1-4,6-9H2,(H,17,18)/t15-/m1/s1. The molecule has 0 bridgehead atoms. The van der Waals surface area contributed by atoms with E-state index in [-0.39, 0.29) is 12.0 Å². The Bertz CT molecular complexity index is 402. The molecule has 0 saturated heterocycles. The van der Waals surface area contributed by atoms with Gasteiger partial charge in [0.05, 0.1) is 6.04 Å². The lowest BCUT2D eigenvalue weighted by molar-refractivity contribution is -0.125. The van der Waals surface area contributed by atoms with Crippen molar-refractivity contribution in [1.82, 2.24) is 5.32 Å². The fourth-order valence-corrected chi connectivity index (χ4v) is 4.51. The summed E-state index contributed by atoms with van der Waals surface area (Å²) in [4.78, 5) is 13.7. The van der Waals surface area contributed by atoms with Gasteiger partial charge in [0.1, 0.15) is 0 Å². The number of carbonyl (C=O) groups excluding carboxylic acids is 1. The lowest BCUT2D eigenvalue weighted by Gasteiger charge is -2.25. The molecule has 2 fully saturated rings. The largest absolute Gasteiger partial charge is 0.348 e. The smallest absolute Gasteiger partial charge is 0.223 e. The number of hydrogen-bond donors (Lipinski definition) is 1. The monoisotopic (exact) mass is 277 g/mol. The van der Waals surface area contributed by atoms with Crippen molar-refractivity contribution in [2.24, 2.45) is 11.8 Å². The summed E-state index contributed by atoms with van der Waals surface area (Å²) in [6, 6.07) is 4.56. The van der Waals surface area contributed by atoms with Crippen molar-refractivity contribution >= 4 is 17.2 Å². The van der Waals surface area contributed by atoms with Crippen LogP contribution in [0.5, 0.6) is 0 Å². The Labute approximate surface area is 119 Å². The van der Waals surface area contributed by atoms with E-state index < -0.39 is 0 Å². The van der Waals surface area contributed by atoms with Crippen LogP contribution in [0.3, 0.4) is 0 Å². The van der Waals surface area contributed by atoms with Gasteiger partial charge in [0.2, 0.25) is 5.91 Å². The Balaban J connectivity index is 1.69. The van der Waals surface area contributed by atoms with Gasteiger partial charge in [-0.1, -0.05) is 31.7 Å². The van der Waals surface area contributed by atoms with Crippen LogP contribution in [0.15, 0.2) is 17.5 Å². The molecule has 2 aliphatic carbocycles. The van der Waals surface area contributed by atoms with Crippen molar-refractivity contribution in [2.75, 3.05) is 0 Å². The number of amides is 1. The van der Waals surface area contributed by atoms with Gasteiger partial charge < -0.3 is 5.32 Å². The highest BCUT2D eigenvalue weighted by Gasteiger charge is 2.31. The summed E-state index contributed by atoms with van der Waals surface area (Å²) >= 11 is 1.79. The Morgan fingerprint density at radius 2 is 1.84 bits per heavy atom. The molecule has 2 aliphatic rings. The van der Waals surface area contributed by atoms with Crippen molar-refractivity contribution in [3.63, 3.8) is 0 Å². The van der Waals surface area contributed by atoms with E-state index in [9.17, 15) is 4.79 Å². The highest BCUT2D eigenvalue weighted by molar-refractivity contribution is 7.10. The number of carbonyl (C=O) groups is 1. The molecule has 0 radical (unpaired) electrons. The molecule has 1 N–H and O–H groups in total. The number of rotatable bonds is 4. The lowest BCUT2D eigenvalue weighted by atomic mass is 9.95. The van der Waals surface area contributed by atoms with Gasteiger partial charge in [-0.2, -0.15) is 0 Å². The fraction of sp³-hybridized carbons (Fsp3) is 0.688. The van der Waals surface area contributed by atoms with Crippen LogP contribution < -0.4 is 5.32 Å². The Hall–Kier alpha value is -0.830. The molecule has 104 valence electrons. The van der Waals surface area contributed by atoms with Gasteiger partial charge in [0.15, 0.2) is 0 Å². The van der Waals surface area contributed by atoms with Crippen molar-refractivity contribution in [3.05, 3.63) is 22.4 Å². The SMILES string of the molecule is O=C(N[C@@H](c1cccs1)C1CCCC1)C1CCCC1. The minimum absolute atomic E-state index is 0.274. The molecule has 0 unspecified atom stereocenters. The van der Waals surface area contributed by atoms with E-state index in [1.165, 1.54) is 43.4 Å². The van der Waals surface area contributed by atoms with Gasteiger partial charge in [-0.25, -0.2) is 0 Å². The van der Waals surface area contributed by atoms with Crippen LogP contribution in [0.4, 0.5) is 0 Å². The molecular weight excluding hydrogens is 254 g/mol. The maximum Gasteiger partial charge on any atom is 0.223 e. The normalized spacial score (nSPS) is 22.7. The molecule has 1 aromatic heterocycles. The Morgan fingerprint density at radius 1 is 1.16 bits per heavy atom. The van der Waals surface area contributed by atoms with E-state index in [0.717, 1.165) is 12.8 Å². The highest BCUT2D eigenvalue weighted by atomic mass is 32.1. The first-order chi connectivity index (χ1) is 9.34. The van der Waals surface area contributed by atoms with Crippen molar-refractivity contribution in [2.45, 2.75) is 57.4 Å². The van der Waals surface area contributed by atoms with E-state index in [1.54, 1.807) is 11.3 Å².